The van der Waals surface area contributed by atoms with Crippen LogP contribution in [0.2, 0.25) is 0 Å². The lowest BCUT2D eigenvalue weighted by Crippen LogP contribution is -2.23. The molecule has 0 amide bonds. The number of nitrogens with zero attached hydrogens (tertiary/aromatic N) is 2. The number of hydrogen-bond acceptors (Lipinski definition) is 5. The molecule has 0 radical (unpaired) electrons. The minimum absolute atomic E-state index is 0.0101. The second kappa shape index (κ2) is 5.58. The van der Waals surface area contributed by atoms with Crippen LogP contribution in [-0.4, -0.2) is 29.3 Å². The van der Waals surface area contributed by atoms with Crippen molar-refractivity contribution in [3.8, 4) is 0 Å². The average molecular weight is 329 g/mol. The van der Waals surface area contributed by atoms with Gasteiger partial charge >= 0.3 is 5.97 Å². The highest BCUT2D eigenvalue weighted by atomic mass is 32.2. The first-order valence-electron chi connectivity index (χ1n) is 6.03. The molecular formula is C12H15N3O4S2. The highest BCUT2D eigenvalue weighted by Crippen LogP contribution is 2.20. The van der Waals surface area contributed by atoms with E-state index in [0.29, 0.717) is 0 Å². The van der Waals surface area contributed by atoms with Gasteiger partial charge in [-0.2, -0.15) is 5.10 Å². The first kappa shape index (κ1) is 15.7. The van der Waals surface area contributed by atoms with Crippen LogP contribution >= 0.6 is 11.3 Å². The van der Waals surface area contributed by atoms with Gasteiger partial charge in [-0.15, -0.1) is 11.3 Å². The molecular weight excluding hydrogens is 314 g/mol. The molecule has 2 heterocycles. The predicted octanol–water partition coefficient (Wildman–Crippen LogP) is 1.28. The van der Waals surface area contributed by atoms with E-state index in [9.17, 15) is 13.2 Å². The van der Waals surface area contributed by atoms with Crippen molar-refractivity contribution in [3.05, 3.63) is 33.3 Å². The minimum Gasteiger partial charge on any atom is -0.477 e. The second-order valence-corrected chi connectivity index (χ2v) is 7.23. The average Bonchev–Trinajstić information content (AvgIpc) is 2.96. The van der Waals surface area contributed by atoms with Crippen molar-refractivity contribution in [2.45, 2.75) is 25.3 Å². The van der Waals surface area contributed by atoms with E-state index in [0.717, 1.165) is 34.4 Å². The largest absolute Gasteiger partial charge is 0.477 e. The lowest BCUT2D eigenvalue weighted by atomic mass is 10.2. The highest BCUT2D eigenvalue weighted by Gasteiger charge is 2.19. The van der Waals surface area contributed by atoms with E-state index in [4.69, 9.17) is 5.11 Å². The van der Waals surface area contributed by atoms with Gasteiger partial charge in [0.25, 0.3) is 0 Å². The Kier molecular flexibility index (Phi) is 4.17. The van der Waals surface area contributed by atoms with Crippen molar-refractivity contribution < 1.29 is 18.3 Å². The molecule has 9 heteroatoms. The van der Waals surface area contributed by atoms with Crippen molar-refractivity contribution in [3.63, 3.8) is 0 Å². The molecule has 114 valence electrons. The Balaban J connectivity index is 2.19. The Morgan fingerprint density at radius 3 is 2.62 bits per heavy atom. The Bertz CT molecular complexity index is 790. The zero-order valence-corrected chi connectivity index (χ0v) is 13.4. The predicted molar refractivity (Wildman–Crippen MR) is 78.0 cm³/mol. The van der Waals surface area contributed by atoms with E-state index in [1.54, 1.807) is 11.7 Å². The van der Waals surface area contributed by atoms with Crippen molar-refractivity contribution in [2.75, 3.05) is 0 Å². The number of carboxylic acid groups (broad SMARTS) is 1. The maximum absolute atomic E-state index is 12.1. The summed E-state index contributed by atoms with van der Waals surface area (Å²) in [6, 6.07) is 1.15. The summed E-state index contributed by atoms with van der Waals surface area (Å²) in [5, 5.41) is 14.4. The quantitative estimate of drug-likeness (QED) is 0.860. The molecule has 0 aliphatic carbocycles. The van der Waals surface area contributed by atoms with Gasteiger partial charge in [0.05, 0.1) is 10.6 Å². The monoisotopic (exact) mass is 329 g/mol. The smallest absolute Gasteiger partial charge is 0.345 e. The summed E-state index contributed by atoms with van der Waals surface area (Å²) < 4.78 is 28.5. The lowest BCUT2D eigenvalue weighted by Gasteiger charge is -2.05. The van der Waals surface area contributed by atoms with Crippen LogP contribution in [0.3, 0.4) is 0 Å². The number of nitrogens with one attached hydrogen (secondary N) is 1. The van der Waals surface area contributed by atoms with Crippen LogP contribution < -0.4 is 4.72 Å². The maximum atomic E-state index is 12.1. The van der Waals surface area contributed by atoms with Crippen LogP contribution in [0, 0.1) is 13.8 Å². The number of sulfonamides is 1. The lowest BCUT2D eigenvalue weighted by molar-refractivity contribution is 0.0702. The summed E-state index contributed by atoms with van der Waals surface area (Å²) >= 11 is 0.881. The molecule has 0 spiro atoms. The zero-order chi connectivity index (χ0) is 15.8. The van der Waals surface area contributed by atoms with Crippen molar-refractivity contribution in [1.82, 2.24) is 14.5 Å². The van der Waals surface area contributed by atoms with Crippen LogP contribution in [0.4, 0.5) is 0 Å². The molecule has 0 bridgehead atoms. The second-order valence-electron chi connectivity index (χ2n) is 4.55. The number of thiophene rings is 1. The van der Waals surface area contributed by atoms with E-state index in [2.05, 4.69) is 9.82 Å². The summed E-state index contributed by atoms with van der Waals surface area (Å²) in [5.74, 6) is -1.14. The molecule has 0 fully saturated rings. The Hall–Kier alpha value is -1.71. The van der Waals surface area contributed by atoms with Gasteiger partial charge in [0.15, 0.2) is 0 Å². The number of hydrogen-bond donors (Lipinski definition) is 2. The van der Waals surface area contributed by atoms with Gasteiger partial charge in [0.1, 0.15) is 4.88 Å². The standard InChI is InChI=1S/C12H15N3O4S2/c1-7-10(8(2)15(3)14-7)5-13-21(18,19)9-4-11(12(16)17)20-6-9/h4,6,13H,5H2,1-3H3,(H,16,17). The van der Waals surface area contributed by atoms with Gasteiger partial charge in [-0.1, -0.05) is 0 Å². The third-order valence-corrected chi connectivity index (χ3v) is 5.64. The third-order valence-electron chi connectivity index (χ3n) is 3.19. The van der Waals surface area contributed by atoms with Gasteiger partial charge < -0.3 is 5.11 Å². The van der Waals surface area contributed by atoms with Gasteiger partial charge in [0, 0.05) is 30.2 Å². The number of rotatable bonds is 5. The van der Waals surface area contributed by atoms with Crippen LogP contribution in [0.15, 0.2) is 16.3 Å². The van der Waals surface area contributed by atoms with Crippen molar-refractivity contribution >= 4 is 27.3 Å². The fraction of sp³-hybridized carbons (Fsp3) is 0.333. The molecule has 0 aliphatic heterocycles. The summed E-state index contributed by atoms with van der Waals surface area (Å²) in [4.78, 5) is 10.7. The Labute approximate surface area is 126 Å². The molecule has 2 aromatic heterocycles. The molecule has 0 aliphatic rings. The molecule has 2 aromatic rings. The van der Waals surface area contributed by atoms with Crippen molar-refractivity contribution in [1.29, 1.82) is 0 Å². The molecule has 2 N–H and O–H groups in total. The number of carboxylic acids is 1. The number of carbonyl (C=O) groups is 1. The van der Waals surface area contributed by atoms with E-state index < -0.39 is 16.0 Å². The van der Waals surface area contributed by atoms with Gasteiger partial charge in [-0.05, 0) is 19.9 Å². The highest BCUT2D eigenvalue weighted by molar-refractivity contribution is 7.89. The molecule has 0 saturated carbocycles. The fourth-order valence-electron chi connectivity index (χ4n) is 1.90. The van der Waals surface area contributed by atoms with Crippen LogP contribution in [-0.2, 0) is 23.6 Å². The van der Waals surface area contributed by atoms with Crippen LogP contribution in [0.5, 0.6) is 0 Å². The fourth-order valence-corrected chi connectivity index (χ4v) is 4.00. The zero-order valence-electron chi connectivity index (χ0n) is 11.7. The molecule has 21 heavy (non-hydrogen) atoms. The van der Waals surface area contributed by atoms with E-state index >= 15 is 0 Å². The SMILES string of the molecule is Cc1nn(C)c(C)c1CNS(=O)(=O)c1csc(C(=O)O)c1. The number of aromatic carboxylic acids is 1. The van der Waals surface area contributed by atoms with E-state index in [-0.39, 0.29) is 16.3 Å². The number of aryl methyl sites for hydroxylation is 2. The summed E-state index contributed by atoms with van der Waals surface area (Å²) in [7, 11) is -1.95. The summed E-state index contributed by atoms with van der Waals surface area (Å²) in [6.45, 7) is 3.78. The number of aromatic nitrogens is 2. The Morgan fingerprint density at radius 1 is 1.48 bits per heavy atom. The molecule has 0 unspecified atom stereocenters. The van der Waals surface area contributed by atoms with Gasteiger partial charge in [0.2, 0.25) is 10.0 Å². The summed E-state index contributed by atoms with van der Waals surface area (Å²) in [6.07, 6.45) is 0. The van der Waals surface area contributed by atoms with E-state index in [1.165, 1.54) is 5.38 Å². The first-order valence-corrected chi connectivity index (χ1v) is 8.39. The first-order chi connectivity index (χ1) is 9.72. The third kappa shape index (κ3) is 3.14. The minimum atomic E-state index is -3.74. The molecule has 0 atom stereocenters. The van der Waals surface area contributed by atoms with E-state index in [1.807, 2.05) is 13.8 Å². The molecule has 7 nitrogen and oxygen atoms in total. The van der Waals surface area contributed by atoms with Gasteiger partial charge in [-0.3, -0.25) is 4.68 Å². The van der Waals surface area contributed by atoms with Crippen LogP contribution in [0.1, 0.15) is 26.6 Å². The van der Waals surface area contributed by atoms with Crippen LogP contribution in [0.25, 0.3) is 0 Å². The molecule has 0 aromatic carbocycles. The topological polar surface area (TPSA) is 101 Å². The maximum Gasteiger partial charge on any atom is 0.345 e. The van der Waals surface area contributed by atoms with Gasteiger partial charge in [-0.25, -0.2) is 17.9 Å². The summed E-state index contributed by atoms with van der Waals surface area (Å²) in [5.41, 5.74) is 2.45. The molecule has 2 rings (SSSR count). The Morgan fingerprint density at radius 2 is 2.14 bits per heavy atom. The molecule has 0 saturated heterocycles. The normalized spacial score (nSPS) is 11.8. The van der Waals surface area contributed by atoms with Crippen molar-refractivity contribution in [2.24, 2.45) is 7.05 Å².